The second-order valence-electron chi connectivity index (χ2n) is 3.76. The van der Waals surface area contributed by atoms with Crippen molar-refractivity contribution in [1.82, 2.24) is 10.6 Å². The largest absolute Gasteiger partial charge is 0.465 e. The first-order valence-electron chi connectivity index (χ1n) is 5.65. The van der Waals surface area contributed by atoms with Crippen molar-refractivity contribution in [2.24, 2.45) is 10.7 Å². The van der Waals surface area contributed by atoms with Crippen molar-refractivity contribution in [3.63, 3.8) is 0 Å². The molecule has 4 N–H and O–H groups in total. The van der Waals surface area contributed by atoms with Crippen molar-refractivity contribution in [1.29, 1.82) is 0 Å². The molecular formula is C12H16N4O3S. The number of urea groups is 1. The Bertz CT molecular complexity index is 546. The SMILES string of the molecule is CN=C(N)NC(=O)NCc1ccc(S)c(C(=O)OC)c1. The van der Waals surface area contributed by atoms with Crippen LogP contribution in [0.1, 0.15) is 15.9 Å². The highest BCUT2D eigenvalue weighted by Crippen LogP contribution is 2.16. The third kappa shape index (κ3) is 4.47. The van der Waals surface area contributed by atoms with Gasteiger partial charge in [-0.1, -0.05) is 6.07 Å². The Morgan fingerprint density at radius 3 is 2.75 bits per heavy atom. The summed E-state index contributed by atoms with van der Waals surface area (Å²) in [6.45, 7) is 0.223. The number of guanidine groups is 1. The van der Waals surface area contributed by atoms with Crippen LogP contribution in [0.3, 0.4) is 0 Å². The van der Waals surface area contributed by atoms with E-state index in [-0.39, 0.29) is 12.5 Å². The molecule has 0 aromatic heterocycles. The Kier molecular flexibility index (Phi) is 5.85. The normalized spacial score (nSPS) is 10.8. The second-order valence-corrected chi connectivity index (χ2v) is 4.24. The molecule has 0 fully saturated rings. The van der Waals surface area contributed by atoms with Crippen LogP contribution in [0.25, 0.3) is 0 Å². The first kappa shape index (κ1) is 15.8. The highest BCUT2D eigenvalue weighted by Gasteiger charge is 2.11. The number of nitrogens with zero attached hydrogens (tertiary/aromatic N) is 1. The lowest BCUT2D eigenvalue weighted by Gasteiger charge is -2.09. The van der Waals surface area contributed by atoms with Crippen molar-refractivity contribution in [2.75, 3.05) is 14.2 Å². The Hall–Kier alpha value is -2.22. The van der Waals surface area contributed by atoms with Gasteiger partial charge in [0.15, 0.2) is 5.96 Å². The number of nitrogens with two attached hydrogens (primary N) is 1. The summed E-state index contributed by atoms with van der Waals surface area (Å²) in [5, 5.41) is 4.91. The topological polar surface area (TPSA) is 106 Å². The molecule has 1 rings (SSSR count). The van der Waals surface area contributed by atoms with Crippen molar-refractivity contribution in [2.45, 2.75) is 11.4 Å². The Morgan fingerprint density at radius 2 is 2.15 bits per heavy atom. The molecule has 20 heavy (non-hydrogen) atoms. The smallest absolute Gasteiger partial charge is 0.338 e. The molecule has 8 heteroatoms. The van der Waals surface area contributed by atoms with Gasteiger partial charge in [-0.05, 0) is 17.7 Å². The lowest BCUT2D eigenvalue weighted by atomic mass is 10.1. The van der Waals surface area contributed by atoms with Crippen LogP contribution in [-0.4, -0.2) is 32.1 Å². The van der Waals surface area contributed by atoms with Crippen molar-refractivity contribution >= 4 is 30.6 Å². The molecule has 0 saturated heterocycles. The van der Waals surface area contributed by atoms with Gasteiger partial charge in [0.25, 0.3) is 0 Å². The Balaban J connectivity index is 2.70. The zero-order valence-electron chi connectivity index (χ0n) is 11.1. The van der Waals surface area contributed by atoms with Crippen molar-refractivity contribution in [3.05, 3.63) is 29.3 Å². The van der Waals surface area contributed by atoms with Gasteiger partial charge in [0, 0.05) is 18.5 Å². The van der Waals surface area contributed by atoms with Crippen LogP contribution in [0, 0.1) is 0 Å². The number of benzene rings is 1. The number of ether oxygens (including phenoxy) is 1. The molecule has 0 aliphatic heterocycles. The van der Waals surface area contributed by atoms with Gasteiger partial charge in [0.2, 0.25) is 0 Å². The van der Waals surface area contributed by atoms with E-state index >= 15 is 0 Å². The van der Waals surface area contributed by atoms with Crippen molar-refractivity contribution < 1.29 is 14.3 Å². The standard InChI is InChI=1S/C12H16N4O3S/c1-14-11(13)16-12(18)15-6-7-3-4-9(20)8(5-7)10(17)19-2/h3-5,20H,6H2,1-2H3,(H4,13,14,15,16,18). The van der Waals surface area contributed by atoms with E-state index in [1.54, 1.807) is 18.2 Å². The lowest BCUT2D eigenvalue weighted by molar-refractivity contribution is 0.0596. The summed E-state index contributed by atoms with van der Waals surface area (Å²) in [6, 6.07) is 4.52. The number of amides is 2. The van der Waals surface area contributed by atoms with Crippen LogP contribution in [0.15, 0.2) is 28.1 Å². The average Bonchev–Trinajstić information content (AvgIpc) is 2.45. The van der Waals surface area contributed by atoms with E-state index in [0.29, 0.717) is 10.5 Å². The molecule has 0 aliphatic carbocycles. The number of methoxy groups -OCH3 is 1. The number of aliphatic imine (C=N–C) groups is 1. The first-order valence-corrected chi connectivity index (χ1v) is 6.10. The number of thiol groups is 1. The first-order chi connectivity index (χ1) is 9.47. The monoisotopic (exact) mass is 296 g/mol. The molecule has 1 aromatic carbocycles. The quantitative estimate of drug-likeness (QED) is 0.282. The molecule has 2 amide bonds. The molecule has 0 bridgehead atoms. The van der Waals surface area contributed by atoms with E-state index in [1.807, 2.05) is 0 Å². The minimum Gasteiger partial charge on any atom is -0.465 e. The maximum Gasteiger partial charge on any atom is 0.338 e. The zero-order valence-corrected chi connectivity index (χ0v) is 12.0. The van der Waals surface area contributed by atoms with Gasteiger partial charge in [-0.25, -0.2) is 9.59 Å². The highest BCUT2D eigenvalue weighted by atomic mass is 32.1. The second kappa shape index (κ2) is 7.39. The van der Waals surface area contributed by atoms with Crippen LogP contribution >= 0.6 is 12.6 Å². The molecule has 0 saturated carbocycles. The van der Waals surface area contributed by atoms with Crippen LogP contribution < -0.4 is 16.4 Å². The fourth-order valence-electron chi connectivity index (χ4n) is 1.37. The van der Waals surface area contributed by atoms with Crippen LogP contribution in [0.5, 0.6) is 0 Å². The van der Waals surface area contributed by atoms with Gasteiger partial charge in [-0.3, -0.25) is 10.3 Å². The number of esters is 1. The molecule has 108 valence electrons. The number of carbonyl (C=O) groups is 2. The Morgan fingerprint density at radius 1 is 1.45 bits per heavy atom. The summed E-state index contributed by atoms with van der Waals surface area (Å²) in [5.74, 6) is -0.466. The minimum atomic E-state index is -0.484. The van der Waals surface area contributed by atoms with Crippen molar-refractivity contribution in [3.8, 4) is 0 Å². The number of hydrogen-bond acceptors (Lipinski definition) is 5. The third-order valence-corrected chi connectivity index (χ3v) is 2.79. The maximum absolute atomic E-state index is 11.5. The fourth-order valence-corrected chi connectivity index (χ4v) is 1.60. The summed E-state index contributed by atoms with van der Waals surface area (Å²) in [4.78, 5) is 27.0. The lowest BCUT2D eigenvalue weighted by Crippen LogP contribution is -2.42. The van der Waals surface area contributed by atoms with Crippen LogP contribution in [-0.2, 0) is 11.3 Å². The number of carbonyl (C=O) groups excluding carboxylic acids is 2. The molecule has 1 aromatic rings. The van der Waals surface area contributed by atoms with E-state index in [4.69, 9.17) is 5.73 Å². The molecule has 0 radical (unpaired) electrons. The maximum atomic E-state index is 11.5. The van der Waals surface area contributed by atoms with E-state index < -0.39 is 12.0 Å². The van der Waals surface area contributed by atoms with Gasteiger partial charge < -0.3 is 15.8 Å². The average molecular weight is 296 g/mol. The van der Waals surface area contributed by atoms with Gasteiger partial charge >= 0.3 is 12.0 Å². The summed E-state index contributed by atoms with van der Waals surface area (Å²) in [6.07, 6.45) is 0. The summed E-state index contributed by atoms with van der Waals surface area (Å²) >= 11 is 4.17. The summed E-state index contributed by atoms with van der Waals surface area (Å²) in [5.41, 5.74) is 6.42. The molecule has 0 aliphatic rings. The van der Waals surface area contributed by atoms with E-state index in [1.165, 1.54) is 14.2 Å². The number of hydrogen-bond donors (Lipinski definition) is 4. The van der Waals surface area contributed by atoms with Crippen LogP contribution in [0.4, 0.5) is 4.79 Å². The zero-order chi connectivity index (χ0) is 15.1. The van der Waals surface area contributed by atoms with E-state index in [2.05, 4.69) is 33.0 Å². The molecule has 0 heterocycles. The van der Waals surface area contributed by atoms with Gasteiger partial charge in [-0.15, -0.1) is 12.6 Å². The summed E-state index contributed by atoms with van der Waals surface area (Å²) < 4.78 is 4.65. The number of nitrogens with one attached hydrogen (secondary N) is 2. The predicted molar refractivity (Wildman–Crippen MR) is 78.0 cm³/mol. The molecular weight excluding hydrogens is 280 g/mol. The minimum absolute atomic E-state index is 0.0171. The number of rotatable bonds is 3. The molecule has 0 atom stereocenters. The highest BCUT2D eigenvalue weighted by molar-refractivity contribution is 7.80. The fraction of sp³-hybridized carbons (Fsp3) is 0.250. The van der Waals surface area contributed by atoms with Gasteiger partial charge in [-0.2, -0.15) is 0 Å². The van der Waals surface area contributed by atoms with E-state index in [0.717, 1.165) is 5.56 Å². The third-order valence-electron chi connectivity index (χ3n) is 2.40. The molecule has 7 nitrogen and oxygen atoms in total. The summed E-state index contributed by atoms with van der Waals surface area (Å²) in [7, 11) is 2.75. The predicted octanol–water partition coefficient (Wildman–Crippen LogP) is 0.506. The molecule has 0 unspecified atom stereocenters. The van der Waals surface area contributed by atoms with Gasteiger partial charge in [0.05, 0.1) is 12.7 Å². The van der Waals surface area contributed by atoms with Crippen LogP contribution in [0.2, 0.25) is 0 Å². The van der Waals surface area contributed by atoms with Gasteiger partial charge in [0.1, 0.15) is 0 Å². The van der Waals surface area contributed by atoms with E-state index in [9.17, 15) is 9.59 Å². The molecule has 0 spiro atoms. The Labute approximate surface area is 122 Å².